The number of ether oxygens (including phenoxy) is 1. The van der Waals surface area contributed by atoms with Crippen LogP contribution in [0.4, 0.5) is 5.69 Å². The molecule has 5 fully saturated rings. The van der Waals surface area contributed by atoms with E-state index in [1.807, 2.05) is 13.0 Å². The van der Waals surface area contributed by atoms with Crippen molar-refractivity contribution in [3.8, 4) is 5.75 Å². The summed E-state index contributed by atoms with van der Waals surface area (Å²) in [6, 6.07) is 8.31. The van der Waals surface area contributed by atoms with Gasteiger partial charge in [-0.3, -0.25) is 4.79 Å². The first-order valence-electron chi connectivity index (χ1n) is 12.2. The van der Waals surface area contributed by atoms with E-state index in [0.29, 0.717) is 18.6 Å². The minimum atomic E-state index is 0.254. The van der Waals surface area contributed by atoms with Gasteiger partial charge in [-0.1, -0.05) is 12.1 Å². The van der Waals surface area contributed by atoms with E-state index in [0.717, 1.165) is 56.2 Å². The monoisotopic (exact) mass is 412 g/mol. The number of nitrogens with zero attached hydrogens (tertiary/aromatic N) is 1. The molecule has 0 unspecified atom stereocenters. The van der Waals surface area contributed by atoms with E-state index in [-0.39, 0.29) is 5.91 Å². The van der Waals surface area contributed by atoms with Crippen LogP contribution in [0.5, 0.6) is 5.75 Å². The van der Waals surface area contributed by atoms with Gasteiger partial charge in [0.1, 0.15) is 5.75 Å². The number of benzene rings is 1. The second kappa shape index (κ2) is 8.41. The van der Waals surface area contributed by atoms with Gasteiger partial charge in [0.15, 0.2) is 6.54 Å². The molecule has 1 saturated heterocycles. The SMILES string of the molecule is CCOc1ccccc1N1CC[NH+](CC(=O)NCC23CC4CC(CC(C4)C2)C3)CC1. The average Bonchev–Trinajstić information content (AvgIpc) is 2.73. The maximum Gasteiger partial charge on any atom is 0.275 e. The molecule has 0 radical (unpaired) electrons. The topological polar surface area (TPSA) is 46.0 Å². The zero-order valence-corrected chi connectivity index (χ0v) is 18.5. The summed E-state index contributed by atoms with van der Waals surface area (Å²) in [6.45, 7) is 8.22. The van der Waals surface area contributed by atoms with Crippen LogP contribution in [0.2, 0.25) is 0 Å². The van der Waals surface area contributed by atoms with Crippen molar-refractivity contribution in [2.75, 3.05) is 50.8 Å². The lowest BCUT2D eigenvalue weighted by molar-refractivity contribution is -0.892. The summed E-state index contributed by atoms with van der Waals surface area (Å²) in [5.41, 5.74) is 1.62. The van der Waals surface area contributed by atoms with E-state index in [9.17, 15) is 4.79 Å². The summed E-state index contributed by atoms with van der Waals surface area (Å²) in [7, 11) is 0. The molecule has 0 spiro atoms. The Morgan fingerprint density at radius 3 is 2.37 bits per heavy atom. The molecule has 6 rings (SSSR count). The number of para-hydroxylation sites is 2. The van der Waals surface area contributed by atoms with Crippen molar-refractivity contribution in [3.05, 3.63) is 24.3 Å². The number of anilines is 1. The number of hydrogen-bond donors (Lipinski definition) is 2. The largest absolute Gasteiger partial charge is 0.492 e. The summed E-state index contributed by atoms with van der Waals surface area (Å²) in [5, 5.41) is 3.36. The summed E-state index contributed by atoms with van der Waals surface area (Å²) in [5.74, 6) is 4.07. The van der Waals surface area contributed by atoms with E-state index < -0.39 is 0 Å². The average molecular weight is 413 g/mol. The molecule has 4 bridgehead atoms. The van der Waals surface area contributed by atoms with Gasteiger partial charge in [0.25, 0.3) is 5.91 Å². The Kier molecular flexibility index (Phi) is 5.65. The van der Waals surface area contributed by atoms with Crippen LogP contribution in [-0.4, -0.2) is 51.8 Å². The third-order valence-electron chi connectivity index (χ3n) is 8.21. The van der Waals surface area contributed by atoms with Crippen molar-refractivity contribution in [2.45, 2.75) is 45.4 Å². The Morgan fingerprint density at radius 2 is 1.73 bits per heavy atom. The van der Waals surface area contributed by atoms with Crippen LogP contribution in [0.1, 0.15) is 45.4 Å². The molecule has 2 N–H and O–H groups in total. The summed E-state index contributed by atoms with van der Waals surface area (Å²) >= 11 is 0. The molecule has 4 aliphatic carbocycles. The second-order valence-electron chi connectivity index (χ2n) is 10.5. The predicted molar refractivity (Wildman–Crippen MR) is 119 cm³/mol. The van der Waals surface area contributed by atoms with Crippen molar-refractivity contribution >= 4 is 11.6 Å². The third kappa shape index (κ3) is 4.18. The van der Waals surface area contributed by atoms with Crippen molar-refractivity contribution in [1.29, 1.82) is 0 Å². The number of amides is 1. The van der Waals surface area contributed by atoms with Crippen molar-refractivity contribution in [1.82, 2.24) is 5.32 Å². The number of carbonyl (C=O) groups excluding carboxylic acids is 1. The molecular formula is C25H38N3O2+. The molecule has 5 aliphatic rings. The number of piperazine rings is 1. The zero-order valence-electron chi connectivity index (χ0n) is 18.5. The highest BCUT2D eigenvalue weighted by Gasteiger charge is 2.50. The van der Waals surface area contributed by atoms with E-state index in [1.165, 1.54) is 49.1 Å². The fourth-order valence-corrected chi connectivity index (χ4v) is 7.32. The van der Waals surface area contributed by atoms with E-state index in [2.05, 4.69) is 28.4 Å². The fraction of sp³-hybridized carbons (Fsp3) is 0.720. The van der Waals surface area contributed by atoms with Crippen molar-refractivity contribution in [3.63, 3.8) is 0 Å². The Labute approximate surface area is 181 Å². The van der Waals surface area contributed by atoms with Crippen molar-refractivity contribution < 1.29 is 14.4 Å². The first kappa shape index (κ1) is 20.2. The maximum atomic E-state index is 12.7. The maximum absolute atomic E-state index is 12.7. The predicted octanol–water partition coefficient (Wildman–Crippen LogP) is 2.12. The molecule has 1 aromatic rings. The van der Waals surface area contributed by atoms with E-state index >= 15 is 0 Å². The van der Waals surface area contributed by atoms with E-state index in [1.54, 1.807) is 0 Å². The summed E-state index contributed by atoms with van der Waals surface area (Å²) < 4.78 is 5.80. The normalized spacial score (nSPS) is 33.0. The molecular weight excluding hydrogens is 374 g/mol. The molecule has 5 heteroatoms. The summed E-state index contributed by atoms with van der Waals surface area (Å²) in [4.78, 5) is 16.5. The lowest BCUT2D eigenvalue weighted by Crippen LogP contribution is -3.16. The highest BCUT2D eigenvalue weighted by atomic mass is 16.5. The lowest BCUT2D eigenvalue weighted by Gasteiger charge is -2.56. The van der Waals surface area contributed by atoms with E-state index in [4.69, 9.17) is 4.74 Å². The zero-order chi connectivity index (χ0) is 20.6. The van der Waals surface area contributed by atoms with Gasteiger partial charge in [0.05, 0.1) is 38.5 Å². The number of nitrogens with one attached hydrogen (secondary N) is 2. The first-order valence-corrected chi connectivity index (χ1v) is 12.2. The van der Waals surface area contributed by atoms with Crippen LogP contribution in [0.25, 0.3) is 0 Å². The molecule has 1 amide bonds. The molecule has 4 saturated carbocycles. The molecule has 1 heterocycles. The quantitative estimate of drug-likeness (QED) is 0.721. The minimum absolute atomic E-state index is 0.254. The number of hydrogen-bond acceptors (Lipinski definition) is 3. The Balaban J connectivity index is 1.09. The Hall–Kier alpha value is -1.75. The minimum Gasteiger partial charge on any atom is -0.492 e. The van der Waals surface area contributed by atoms with Gasteiger partial charge in [0.2, 0.25) is 0 Å². The fourth-order valence-electron chi connectivity index (χ4n) is 7.32. The van der Waals surface area contributed by atoms with Crippen LogP contribution in [0.15, 0.2) is 24.3 Å². The van der Waals surface area contributed by atoms with Crippen LogP contribution in [0, 0.1) is 23.2 Å². The van der Waals surface area contributed by atoms with Crippen LogP contribution >= 0.6 is 0 Å². The first-order chi connectivity index (χ1) is 14.6. The van der Waals surface area contributed by atoms with Crippen molar-refractivity contribution in [2.24, 2.45) is 23.2 Å². The molecule has 1 aromatic carbocycles. The van der Waals surface area contributed by atoms with Gasteiger partial charge >= 0.3 is 0 Å². The number of carbonyl (C=O) groups is 1. The van der Waals surface area contributed by atoms with Gasteiger partial charge in [-0.05, 0) is 80.8 Å². The molecule has 30 heavy (non-hydrogen) atoms. The Morgan fingerprint density at radius 1 is 1.10 bits per heavy atom. The van der Waals surface area contributed by atoms with Gasteiger partial charge in [-0.25, -0.2) is 0 Å². The third-order valence-corrected chi connectivity index (χ3v) is 8.21. The smallest absolute Gasteiger partial charge is 0.275 e. The highest BCUT2D eigenvalue weighted by Crippen LogP contribution is 2.59. The van der Waals surface area contributed by atoms with Crippen LogP contribution in [0.3, 0.4) is 0 Å². The van der Waals surface area contributed by atoms with Crippen LogP contribution < -0.4 is 19.9 Å². The van der Waals surface area contributed by atoms with Crippen LogP contribution in [-0.2, 0) is 4.79 Å². The lowest BCUT2D eigenvalue weighted by atomic mass is 9.49. The molecule has 164 valence electrons. The molecule has 5 nitrogen and oxygen atoms in total. The van der Waals surface area contributed by atoms with Gasteiger partial charge in [0, 0.05) is 6.54 Å². The highest BCUT2D eigenvalue weighted by molar-refractivity contribution is 5.76. The molecule has 1 aliphatic heterocycles. The summed E-state index contributed by atoms with van der Waals surface area (Å²) in [6.07, 6.45) is 8.49. The van der Waals surface area contributed by atoms with Gasteiger partial charge in [-0.2, -0.15) is 0 Å². The van der Waals surface area contributed by atoms with Gasteiger partial charge < -0.3 is 19.9 Å². The number of rotatable bonds is 7. The second-order valence-corrected chi connectivity index (χ2v) is 10.5. The standard InChI is InChI=1S/C25H37N3O2/c1-2-30-23-6-4-3-5-22(23)28-9-7-27(8-10-28)17-24(29)26-18-25-14-19-11-20(15-25)13-21(12-19)16-25/h3-6,19-21H,2,7-18H2,1H3,(H,26,29)/p+1. The number of quaternary nitrogens is 1. The van der Waals surface area contributed by atoms with Gasteiger partial charge in [-0.15, -0.1) is 0 Å². The molecule has 0 aromatic heterocycles. The Bertz CT molecular complexity index is 721. The molecule has 0 atom stereocenters.